The molecule has 2 heterocycles. The lowest BCUT2D eigenvalue weighted by atomic mass is 10.1. The molecular formula is C23H22ClF5N6O3. The van der Waals surface area contributed by atoms with E-state index in [1.165, 1.54) is 29.2 Å². The lowest BCUT2D eigenvalue weighted by molar-refractivity contribution is -0.0729. The van der Waals surface area contributed by atoms with Crippen molar-refractivity contribution in [1.82, 2.24) is 15.3 Å². The maximum atomic E-state index is 15.1. The first-order chi connectivity index (χ1) is 18.1. The second-order valence-corrected chi connectivity index (χ2v) is 8.77. The van der Waals surface area contributed by atoms with Crippen molar-refractivity contribution in [2.45, 2.75) is 12.7 Å². The van der Waals surface area contributed by atoms with Gasteiger partial charge in [0.05, 0.1) is 18.2 Å². The Morgan fingerprint density at radius 3 is 2.45 bits per heavy atom. The molecule has 0 atom stereocenters. The topological polar surface area (TPSA) is 93.0 Å². The van der Waals surface area contributed by atoms with Gasteiger partial charge < -0.3 is 14.7 Å². The first-order valence-corrected chi connectivity index (χ1v) is 11.7. The molecule has 0 bridgehead atoms. The Bertz CT molecular complexity index is 1250. The number of hydrogen-bond donors (Lipinski definition) is 2. The molecule has 0 spiro atoms. The third-order valence-electron chi connectivity index (χ3n) is 5.87. The fourth-order valence-electron chi connectivity index (χ4n) is 3.87. The predicted molar refractivity (Wildman–Crippen MR) is 129 cm³/mol. The third kappa shape index (κ3) is 6.31. The number of hydrazone groups is 2. The molecule has 204 valence electrons. The second kappa shape index (κ2) is 11.5. The van der Waals surface area contributed by atoms with Crippen molar-refractivity contribution in [2.24, 2.45) is 10.2 Å². The fourth-order valence-corrected chi connectivity index (χ4v) is 4.05. The molecule has 38 heavy (non-hydrogen) atoms. The van der Waals surface area contributed by atoms with Gasteiger partial charge in [-0.2, -0.15) is 18.7 Å². The number of ether oxygens (including phenoxy) is 1. The number of aliphatic hydroxyl groups excluding tert-OH is 1. The number of piperazine rings is 1. The number of nitrogens with zero attached hydrogens (tertiary/aromatic N) is 5. The molecule has 2 aromatic rings. The summed E-state index contributed by atoms with van der Waals surface area (Å²) in [5, 5.41) is 15.3. The Balaban J connectivity index is 1.57. The van der Waals surface area contributed by atoms with Gasteiger partial charge in [-0.05, 0) is 30.3 Å². The van der Waals surface area contributed by atoms with E-state index >= 15 is 4.39 Å². The Hall–Kier alpha value is -3.49. The van der Waals surface area contributed by atoms with Crippen LogP contribution in [-0.4, -0.2) is 78.2 Å². The van der Waals surface area contributed by atoms with E-state index in [2.05, 4.69) is 14.9 Å². The largest absolute Gasteiger partial charge is 0.470 e. The molecule has 2 amide bonds. The quantitative estimate of drug-likeness (QED) is 0.528. The second-order valence-electron chi connectivity index (χ2n) is 8.36. The summed E-state index contributed by atoms with van der Waals surface area (Å²) in [6.45, 7) is 1.90. The minimum Gasteiger partial charge on any atom is -0.413 e. The highest BCUT2D eigenvalue weighted by Crippen LogP contribution is 2.27. The van der Waals surface area contributed by atoms with Crippen LogP contribution in [0.25, 0.3) is 0 Å². The van der Waals surface area contributed by atoms with Crippen LogP contribution in [0.2, 0.25) is 5.02 Å². The Morgan fingerprint density at radius 1 is 1.08 bits per heavy atom. The number of carbonyl (C=O) groups is 1. The molecule has 2 aromatic carbocycles. The monoisotopic (exact) mass is 560 g/mol. The molecule has 2 aliphatic heterocycles. The van der Waals surface area contributed by atoms with E-state index in [4.69, 9.17) is 16.7 Å². The number of aliphatic hydroxyl groups is 1. The van der Waals surface area contributed by atoms with Crippen LogP contribution in [0, 0.1) is 11.6 Å². The fraction of sp³-hybridized carbons (Fsp3) is 0.348. The average Bonchev–Trinajstić information content (AvgIpc) is 2.89. The van der Waals surface area contributed by atoms with Gasteiger partial charge in [-0.25, -0.2) is 13.6 Å². The van der Waals surface area contributed by atoms with E-state index in [-0.39, 0.29) is 35.0 Å². The van der Waals surface area contributed by atoms with Gasteiger partial charge >= 0.3 is 18.1 Å². The lowest BCUT2D eigenvalue weighted by Gasteiger charge is -2.37. The number of β-amino-alcohol motifs (C(OH)–C–C–N with tert-alkyl or cyclic N) is 1. The molecule has 1 saturated heterocycles. The van der Waals surface area contributed by atoms with Gasteiger partial charge in [0.15, 0.2) is 0 Å². The van der Waals surface area contributed by atoms with Crippen LogP contribution in [0.15, 0.2) is 46.6 Å². The van der Waals surface area contributed by atoms with E-state index in [1.807, 2.05) is 10.4 Å². The van der Waals surface area contributed by atoms with E-state index in [1.54, 1.807) is 4.90 Å². The van der Waals surface area contributed by atoms with E-state index in [9.17, 15) is 22.4 Å². The smallest absolute Gasteiger partial charge is 0.413 e. The zero-order valence-electron chi connectivity index (χ0n) is 19.7. The summed E-state index contributed by atoms with van der Waals surface area (Å²) in [5.41, 5.74) is 1.98. The highest BCUT2D eigenvalue weighted by atomic mass is 35.5. The Labute approximate surface area is 218 Å². The average molecular weight is 561 g/mol. The summed E-state index contributed by atoms with van der Waals surface area (Å²) >= 11 is 5.93. The number of amides is 2. The minimum absolute atomic E-state index is 0.0126. The number of benzene rings is 2. The normalized spacial score (nSPS) is 16.3. The molecular weight excluding hydrogens is 539 g/mol. The van der Waals surface area contributed by atoms with Gasteiger partial charge in [0, 0.05) is 49.5 Å². The standard InChI is InChI=1S/C23H22ClF5N6O3/c24-17-12-16(3-4-18(17)25)35(22(37)34-7-5-33(6-8-34)9-10-36)13-15-2-1-14(11-19(15)26)20-30-32-31-21(38-20)23(27,28)29/h1-4,11-12,32,36H,5-10,13H2. The van der Waals surface area contributed by atoms with Gasteiger partial charge in [0.1, 0.15) is 11.6 Å². The van der Waals surface area contributed by atoms with Crippen LogP contribution in [0.3, 0.4) is 0 Å². The number of alkyl halides is 3. The maximum Gasteiger partial charge on any atom is 0.470 e. The van der Waals surface area contributed by atoms with Crippen molar-refractivity contribution < 1.29 is 36.6 Å². The van der Waals surface area contributed by atoms with Crippen molar-refractivity contribution in [2.75, 3.05) is 44.2 Å². The molecule has 9 nitrogen and oxygen atoms in total. The van der Waals surface area contributed by atoms with E-state index < -0.39 is 35.6 Å². The summed E-state index contributed by atoms with van der Waals surface area (Å²) in [4.78, 5) is 18.2. The van der Waals surface area contributed by atoms with Gasteiger partial charge in [0.25, 0.3) is 0 Å². The van der Waals surface area contributed by atoms with Crippen LogP contribution in [-0.2, 0) is 11.3 Å². The summed E-state index contributed by atoms with van der Waals surface area (Å²) in [7, 11) is 0. The van der Waals surface area contributed by atoms with Crippen LogP contribution < -0.4 is 10.4 Å². The van der Waals surface area contributed by atoms with Crippen molar-refractivity contribution in [3.63, 3.8) is 0 Å². The number of urea groups is 1. The van der Waals surface area contributed by atoms with Crippen molar-refractivity contribution >= 4 is 35.1 Å². The highest BCUT2D eigenvalue weighted by molar-refractivity contribution is 6.31. The van der Waals surface area contributed by atoms with Crippen molar-refractivity contribution in [3.8, 4) is 0 Å². The summed E-state index contributed by atoms with van der Waals surface area (Å²) in [6.07, 6.45) is -4.88. The van der Waals surface area contributed by atoms with E-state index in [0.29, 0.717) is 32.7 Å². The van der Waals surface area contributed by atoms with Gasteiger partial charge in [-0.1, -0.05) is 17.7 Å². The molecule has 2 N–H and O–H groups in total. The van der Waals surface area contributed by atoms with Crippen LogP contribution in [0.4, 0.5) is 32.4 Å². The molecule has 0 radical (unpaired) electrons. The van der Waals surface area contributed by atoms with Gasteiger partial charge in [-0.3, -0.25) is 9.80 Å². The molecule has 1 fully saturated rings. The number of hydrogen-bond acceptors (Lipinski definition) is 7. The van der Waals surface area contributed by atoms with Gasteiger partial charge in [-0.15, -0.1) is 10.2 Å². The SMILES string of the molecule is O=C(N1CCN(CCO)CC1)N(Cc1ccc(C2=NNN=C(C(F)(F)F)O2)cc1F)c1ccc(F)c(Cl)c1. The molecule has 0 aromatic heterocycles. The Kier molecular flexibility index (Phi) is 8.33. The predicted octanol–water partition coefficient (Wildman–Crippen LogP) is 3.51. The van der Waals surface area contributed by atoms with Crippen molar-refractivity contribution in [3.05, 3.63) is 64.2 Å². The molecule has 15 heteroatoms. The number of rotatable bonds is 6. The van der Waals surface area contributed by atoms with Crippen LogP contribution >= 0.6 is 11.6 Å². The highest BCUT2D eigenvalue weighted by Gasteiger charge is 2.41. The maximum absolute atomic E-state index is 15.1. The van der Waals surface area contributed by atoms with Crippen molar-refractivity contribution in [1.29, 1.82) is 0 Å². The summed E-state index contributed by atoms with van der Waals surface area (Å²) in [5.74, 6) is -3.67. The molecule has 0 saturated carbocycles. The molecule has 0 unspecified atom stereocenters. The Morgan fingerprint density at radius 2 is 1.82 bits per heavy atom. The molecule has 4 rings (SSSR count). The van der Waals surface area contributed by atoms with Crippen LogP contribution in [0.1, 0.15) is 11.1 Å². The number of carbonyl (C=O) groups excluding carboxylic acids is 1. The number of halogens is 6. The molecule has 0 aliphatic carbocycles. The first kappa shape index (κ1) is 27.5. The molecule has 2 aliphatic rings. The number of nitrogens with one attached hydrogen (secondary N) is 1. The lowest BCUT2D eigenvalue weighted by Crippen LogP contribution is -2.53. The zero-order chi connectivity index (χ0) is 27.4. The summed E-state index contributed by atoms with van der Waals surface area (Å²) < 4.78 is 72.3. The first-order valence-electron chi connectivity index (χ1n) is 11.4. The third-order valence-corrected chi connectivity index (χ3v) is 6.16. The zero-order valence-corrected chi connectivity index (χ0v) is 20.4. The number of anilines is 1. The summed E-state index contributed by atoms with van der Waals surface area (Å²) in [6, 6.07) is 6.67. The minimum atomic E-state index is -4.88. The van der Waals surface area contributed by atoms with Gasteiger partial charge in [0.2, 0.25) is 5.90 Å². The van der Waals surface area contributed by atoms with Crippen LogP contribution in [0.5, 0.6) is 0 Å². The van der Waals surface area contributed by atoms with E-state index in [0.717, 1.165) is 12.1 Å².